The number of nitrogens with zero attached hydrogens (tertiary/aromatic N) is 3. The SMILES string of the molecule is Cn1ncc(CN)c1C(=O)N1CCOC(c2cccc3ccccc23)C1. The molecule has 0 radical (unpaired) electrons. The molecule has 1 amide bonds. The Bertz CT molecular complexity index is 945. The number of aromatic nitrogens is 2. The van der Waals surface area contributed by atoms with Crippen LogP contribution in [0.2, 0.25) is 0 Å². The Morgan fingerprint density at radius 2 is 2.08 bits per heavy atom. The van der Waals surface area contributed by atoms with Gasteiger partial charge in [-0.3, -0.25) is 9.48 Å². The molecular formula is C20H22N4O2. The standard InChI is InChI=1S/C20H22N4O2/c1-23-19(15(11-21)12-22-23)20(25)24-9-10-26-18(13-24)17-8-4-6-14-5-2-3-7-16(14)17/h2-8,12,18H,9-11,13,21H2,1H3. The maximum atomic E-state index is 13.1. The summed E-state index contributed by atoms with van der Waals surface area (Å²) < 4.78 is 7.62. The molecule has 1 aromatic heterocycles. The minimum absolute atomic E-state index is 0.0426. The molecular weight excluding hydrogens is 328 g/mol. The molecule has 0 spiro atoms. The van der Waals surface area contributed by atoms with Crippen LogP contribution in [0.25, 0.3) is 10.8 Å². The van der Waals surface area contributed by atoms with E-state index in [2.05, 4.69) is 29.4 Å². The normalized spacial score (nSPS) is 17.6. The van der Waals surface area contributed by atoms with Gasteiger partial charge in [-0.25, -0.2) is 0 Å². The Morgan fingerprint density at radius 1 is 1.27 bits per heavy atom. The lowest BCUT2D eigenvalue weighted by molar-refractivity contribution is -0.0225. The van der Waals surface area contributed by atoms with Crippen molar-refractivity contribution in [3.63, 3.8) is 0 Å². The van der Waals surface area contributed by atoms with Crippen molar-refractivity contribution in [1.82, 2.24) is 14.7 Å². The largest absolute Gasteiger partial charge is 0.370 e. The van der Waals surface area contributed by atoms with Crippen molar-refractivity contribution >= 4 is 16.7 Å². The highest BCUT2D eigenvalue weighted by molar-refractivity contribution is 5.94. The van der Waals surface area contributed by atoms with Gasteiger partial charge in [-0.15, -0.1) is 0 Å². The quantitative estimate of drug-likeness (QED) is 0.786. The summed E-state index contributed by atoms with van der Waals surface area (Å²) in [6, 6.07) is 14.5. The summed E-state index contributed by atoms with van der Waals surface area (Å²) in [7, 11) is 1.77. The Labute approximate surface area is 152 Å². The van der Waals surface area contributed by atoms with Crippen molar-refractivity contribution in [2.75, 3.05) is 19.7 Å². The number of benzene rings is 2. The Kier molecular flexibility index (Phi) is 4.44. The van der Waals surface area contributed by atoms with Crippen molar-refractivity contribution in [1.29, 1.82) is 0 Å². The number of amides is 1. The van der Waals surface area contributed by atoms with E-state index in [0.29, 0.717) is 31.9 Å². The maximum Gasteiger partial charge on any atom is 0.272 e. The van der Waals surface area contributed by atoms with E-state index in [-0.39, 0.29) is 12.0 Å². The van der Waals surface area contributed by atoms with Crippen LogP contribution in [0.3, 0.4) is 0 Å². The highest BCUT2D eigenvalue weighted by Crippen LogP contribution is 2.29. The van der Waals surface area contributed by atoms with Crippen LogP contribution in [0.1, 0.15) is 27.7 Å². The number of carbonyl (C=O) groups is 1. The number of nitrogens with two attached hydrogens (primary N) is 1. The Balaban J connectivity index is 1.63. The predicted molar refractivity (Wildman–Crippen MR) is 99.6 cm³/mol. The summed E-state index contributed by atoms with van der Waals surface area (Å²) in [6.07, 6.45) is 1.52. The molecule has 3 aromatic rings. The van der Waals surface area contributed by atoms with E-state index in [0.717, 1.165) is 16.5 Å². The zero-order chi connectivity index (χ0) is 18.1. The van der Waals surface area contributed by atoms with E-state index in [9.17, 15) is 4.79 Å². The van der Waals surface area contributed by atoms with Crippen LogP contribution in [0.4, 0.5) is 0 Å². The second-order valence-electron chi connectivity index (χ2n) is 6.53. The number of morpholine rings is 1. The summed E-state index contributed by atoms with van der Waals surface area (Å²) in [5.41, 5.74) is 8.21. The third kappa shape index (κ3) is 2.87. The summed E-state index contributed by atoms with van der Waals surface area (Å²) in [5.74, 6) is -0.0426. The molecule has 0 saturated carbocycles. The Hall–Kier alpha value is -2.70. The first-order valence-electron chi connectivity index (χ1n) is 8.78. The second kappa shape index (κ2) is 6.90. The fourth-order valence-corrected chi connectivity index (χ4v) is 3.61. The number of hydrogen-bond acceptors (Lipinski definition) is 4. The second-order valence-corrected chi connectivity index (χ2v) is 6.53. The van der Waals surface area contributed by atoms with Gasteiger partial charge in [0.05, 0.1) is 19.3 Å². The van der Waals surface area contributed by atoms with Gasteiger partial charge in [0.25, 0.3) is 5.91 Å². The molecule has 134 valence electrons. The summed E-state index contributed by atoms with van der Waals surface area (Å²) in [6.45, 7) is 1.89. The van der Waals surface area contributed by atoms with E-state index in [1.54, 1.807) is 17.9 Å². The van der Waals surface area contributed by atoms with E-state index < -0.39 is 0 Å². The highest BCUT2D eigenvalue weighted by Gasteiger charge is 2.29. The molecule has 6 heteroatoms. The molecule has 1 atom stereocenters. The number of fused-ring (bicyclic) bond motifs is 1. The van der Waals surface area contributed by atoms with Crippen LogP contribution >= 0.6 is 0 Å². The molecule has 2 N–H and O–H groups in total. The lowest BCUT2D eigenvalue weighted by Crippen LogP contribution is -2.43. The summed E-state index contributed by atoms with van der Waals surface area (Å²) >= 11 is 0. The minimum atomic E-state index is -0.145. The van der Waals surface area contributed by atoms with Crippen LogP contribution in [0.15, 0.2) is 48.7 Å². The molecule has 6 nitrogen and oxygen atoms in total. The van der Waals surface area contributed by atoms with Crippen LogP contribution in [0.5, 0.6) is 0 Å². The number of rotatable bonds is 3. The maximum absolute atomic E-state index is 13.1. The molecule has 0 bridgehead atoms. The van der Waals surface area contributed by atoms with Gasteiger partial charge in [-0.2, -0.15) is 5.10 Å². The molecule has 1 aliphatic rings. The molecule has 2 heterocycles. The zero-order valence-corrected chi connectivity index (χ0v) is 14.8. The van der Waals surface area contributed by atoms with Gasteiger partial charge in [-0.1, -0.05) is 42.5 Å². The summed E-state index contributed by atoms with van der Waals surface area (Å²) in [4.78, 5) is 14.9. The number of ether oxygens (including phenoxy) is 1. The van der Waals surface area contributed by atoms with Gasteiger partial charge in [0.1, 0.15) is 11.8 Å². The van der Waals surface area contributed by atoms with Gasteiger partial charge >= 0.3 is 0 Å². The predicted octanol–water partition coefficient (Wildman–Crippen LogP) is 2.25. The smallest absolute Gasteiger partial charge is 0.272 e. The van der Waals surface area contributed by atoms with Crippen molar-refractivity contribution in [2.24, 2.45) is 12.8 Å². The molecule has 0 aliphatic carbocycles. The lowest BCUT2D eigenvalue weighted by atomic mass is 9.99. The van der Waals surface area contributed by atoms with Crippen LogP contribution in [-0.4, -0.2) is 40.3 Å². The first-order valence-corrected chi connectivity index (χ1v) is 8.78. The first kappa shape index (κ1) is 16.8. The monoisotopic (exact) mass is 350 g/mol. The lowest BCUT2D eigenvalue weighted by Gasteiger charge is -2.33. The number of aryl methyl sites for hydroxylation is 1. The minimum Gasteiger partial charge on any atom is -0.370 e. The zero-order valence-electron chi connectivity index (χ0n) is 14.8. The topological polar surface area (TPSA) is 73.4 Å². The molecule has 26 heavy (non-hydrogen) atoms. The van der Waals surface area contributed by atoms with Crippen LogP contribution < -0.4 is 5.73 Å². The third-order valence-electron chi connectivity index (χ3n) is 4.96. The average Bonchev–Trinajstić information content (AvgIpc) is 3.07. The fraction of sp³-hybridized carbons (Fsp3) is 0.300. The van der Waals surface area contributed by atoms with Crippen LogP contribution in [0, 0.1) is 0 Å². The van der Waals surface area contributed by atoms with Crippen molar-refractivity contribution in [2.45, 2.75) is 12.6 Å². The van der Waals surface area contributed by atoms with Crippen LogP contribution in [-0.2, 0) is 18.3 Å². The molecule has 1 unspecified atom stereocenters. The number of hydrogen-bond donors (Lipinski definition) is 1. The molecule has 1 aliphatic heterocycles. The first-order chi connectivity index (χ1) is 12.7. The molecule has 4 rings (SSSR count). The van der Waals surface area contributed by atoms with Gasteiger partial charge in [0.15, 0.2) is 0 Å². The highest BCUT2D eigenvalue weighted by atomic mass is 16.5. The van der Waals surface area contributed by atoms with Crippen molar-refractivity contribution in [3.8, 4) is 0 Å². The molecule has 1 saturated heterocycles. The van der Waals surface area contributed by atoms with Gasteiger partial charge < -0.3 is 15.4 Å². The van der Waals surface area contributed by atoms with Gasteiger partial charge in [-0.05, 0) is 16.3 Å². The summed E-state index contributed by atoms with van der Waals surface area (Å²) in [5, 5.41) is 6.52. The van der Waals surface area contributed by atoms with Gasteiger partial charge in [0.2, 0.25) is 0 Å². The van der Waals surface area contributed by atoms with E-state index >= 15 is 0 Å². The molecule has 1 fully saturated rings. The van der Waals surface area contributed by atoms with E-state index in [4.69, 9.17) is 10.5 Å². The molecule has 2 aromatic carbocycles. The van der Waals surface area contributed by atoms with Crippen molar-refractivity contribution < 1.29 is 9.53 Å². The third-order valence-corrected chi connectivity index (χ3v) is 4.96. The fourth-order valence-electron chi connectivity index (χ4n) is 3.61. The van der Waals surface area contributed by atoms with Crippen molar-refractivity contribution in [3.05, 3.63) is 65.5 Å². The Morgan fingerprint density at radius 3 is 2.92 bits per heavy atom. The average molecular weight is 350 g/mol. The van der Waals surface area contributed by atoms with Gasteiger partial charge in [0, 0.05) is 25.7 Å². The van der Waals surface area contributed by atoms with E-state index in [1.165, 1.54) is 5.39 Å². The van der Waals surface area contributed by atoms with E-state index in [1.807, 2.05) is 23.1 Å². The number of carbonyl (C=O) groups excluding carboxylic acids is 1.